The van der Waals surface area contributed by atoms with Crippen LogP contribution in [0.4, 0.5) is 0 Å². The summed E-state index contributed by atoms with van der Waals surface area (Å²) in [6.45, 7) is 2.23. The van der Waals surface area contributed by atoms with Gasteiger partial charge in [-0.15, -0.1) is 11.3 Å². The third kappa shape index (κ3) is 2.79. The van der Waals surface area contributed by atoms with Crippen LogP contribution in [-0.4, -0.2) is 47.7 Å². The first-order valence-corrected chi connectivity index (χ1v) is 10.3. The predicted octanol–water partition coefficient (Wildman–Crippen LogP) is 2.20. The van der Waals surface area contributed by atoms with Crippen molar-refractivity contribution >= 4 is 21.4 Å². The van der Waals surface area contributed by atoms with Crippen LogP contribution >= 0.6 is 11.3 Å². The number of methoxy groups -OCH3 is 1. The third-order valence-corrected chi connectivity index (χ3v) is 8.01. The molecule has 2 atom stereocenters. The molecule has 130 valence electrons. The lowest BCUT2D eigenvalue weighted by atomic mass is 10.2. The zero-order valence-corrected chi connectivity index (χ0v) is 15.2. The van der Waals surface area contributed by atoms with E-state index in [1.165, 1.54) is 15.6 Å². The number of thiophene rings is 1. The zero-order valence-electron chi connectivity index (χ0n) is 13.6. The maximum atomic E-state index is 13.1. The number of hydrogen-bond acceptors (Lipinski definition) is 6. The van der Waals surface area contributed by atoms with Crippen LogP contribution in [-0.2, 0) is 14.8 Å². The lowest BCUT2D eigenvalue weighted by Gasteiger charge is -2.21. The number of H-pyrrole nitrogens is 1. The highest BCUT2D eigenvalue weighted by Gasteiger charge is 2.43. The summed E-state index contributed by atoms with van der Waals surface area (Å²) in [5.41, 5.74) is 0.952. The van der Waals surface area contributed by atoms with E-state index in [2.05, 4.69) is 15.2 Å². The Kier molecular flexibility index (Phi) is 3.98. The van der Waals surface area contributed by atoms with Crippen molar-refractivity contribution in [2.24, 2.45) is 0 Å². The summed E-state index contributed by atoms with van der Waals surface area (Å²) in [6, 6.07) is 1.36. The number of sulfonamides is 1. The number of aryl methyl sites for hydroxylation is 1. The number of hydrogen-bond donors (Lipinski definition) is 1. The molecular weight excluding hydrogens is 348 g/mol. The van der Waals surface area contributed by atoms with E-state index in [-0.39, 0.29) is 12.1 Å². The smallest absolute Gasteiger partial charge is 0.253 e. The van der Waals surface area contributed by atoms with Crippen LogP contribution in [0, 0.1) is 6.92 Å². The van der Waals surface area contributed by atoms with E-state index in [9.17, 15) is 8.42 Å². The summed E-state index contributed by atoms with van der Waals surface area (Å²) in [5.74, 6) is 1.85. The highest BCUT2D eigenvalue weighted by Crippen LogP contribution is 2.41. The second kappa shape index (κ2) is 5.91. The molecule has 1 aliphatic heterocycles. The van der Waals surface area contributed by atoms with Gasteiger partial charge in [0.05, 0.1) is 12.1 Å². The molecule has 0 amide bonds. The van der Waals surface area contributed by atoms with Crippen LogP contribution in [0.15, 0.2) is 15.7 Å². The fourth-order valence-electron chi connectivity index (χ4n) is 3.07. The molecule has 9 heteroatoms. The fourth-order valence-corrected chi connectivity index (χ4v) is 6.06. The molecule has 24 heavy (non-hydrogen) atoms. The van der Waals surface area contributed by atoms with Gasteiger partial charge in [0.15, 0.2) is 5.82 Å². The Morgan fingerprint density at radius 2 is 2.21 bits per heavy atom. The summed E-state index contributed by atoms with van der Waals surface area (Å²) in [6.07, 6.45) is 2.66. The van der Waals surface area contributed by atoms with E-state index < -0.39 is 10.0 Å². The monoisotopic (exact) mass is 368 g/mol. The summed E-state index contributed by atoms with van der Waals surface area (Å²) >= 11 is 1.25. The Bertz CT molecular complexity index is 841. The Morgan fingerprint density at radius 3 is 2.83 bits per heavy atom. The van der Waals surface area contributed by atoms with E-state index in [0.717, 1.165) is 24.2 Å². The number of aromatic nitrogens is 3. The minimum Gasteiger partial charge on any atom is -0.380 e. The Balaban J connectivity index is 1.68. The summed E-state index contributed by atoms with van der Waals surface area (Å²) < 4.78 is 33.4. The number of nitrogens with zero attached hydrogens (tertiary/aromatic N) is 3. The summed E-state index contributed by atoms with van der Waals surface area (Å²) in [7, 11) is -1.96. The number of nitrogens with one attached hydrogen (secondary N) is 1. The maximum Gasteiger partial charge on any atom is 0.253 e. The van der Waals surface area contributed by atoms with Gasteiger partial charge in [0, 0.05) is 19.6 Å². The molecule has 2 aromatic rings. The van der Waals surface area contributed by atoms with Gasteiger partial charge in [0.2, 0.25) is 0 Å². The highest BCUT2D eigenvalue weighted by molar-refractivity contribution is 7.91. The second-order valence-corrected chi connectivity index (χ2v) is 9.51. The molecule has 0 bridgehead atoms. The first kappa shape index (κ1) is 16.2. The largest absolute Gasteiger partial charge is 0.380 e. The molecule has 1 saturated carbocycles. The van der Waals surface area contributed by atoms with Crippen molar-refractivity contribution in [3.05, 3.63) is 28.7 Å². The van der Waals surface area contributed by atoms with Crippen LogP contribution in [0.2, 0.25) is 0 Å². The van der Waals surface area contributed by atoms with Crippen molar-refractivity contribution in [2.75, 3.05) is 13.7 Å². The predicted molar refractivity (Wildman–Crippen MR) is 89.5 cm³/mol. The zero-order chi connectivity index (χ0) is 16.9. The molecule has 7 nitrogen and oxygen atoms in total. The molecule has 3 heterocycles. The molecule has 0 aromatic carbocycles. The summed E-state index contributed by atoms with van der Waals surface area (Å²) in [4.78, 5) is 4.56. The first-order valence-electron chi connectivity index (χ1n) is 8.01. The SMILES string of the molecule is CO[C@@H]1C[C@@H](c2nc(C3CC3)n[nH]2)N(S(=O)(=O)c2cc(C)cs2)C1. The molecule has 2 aromatic heterocycles. The quantitative estimate of drug-likeness (QED) is 0.874. The molecule has 0 radical (unpaired) electrons. The van der Waals surface area contributed by atoms with E-state index in [0.29, 0.717) is 28.9 Å². The average Bonchev–Trinajstić information content (AvgIpc) is 2.99. The van der Waals surface area contributed by atoms with Crippen molar-refractivity contribution < 1.29 is 13.2 Å². The van der Waals surface area contributed by atoms with Gasteiger partial charge in [-0.2, -0.15) is 9.40 Å². The van der Waals surface area contributed by atoms with Crippen molar-refractivity contribution in [2.45, 2.75) is 48.5 Å². The molecular formula is C15H20N4O3S2. The number of aromatic amines is 1. The lowest BCUT2D eigenvalue weighted by molar-refractivity contribution is 0.114. The Labute approximate surface area is 145 Å². The van der Waals surface area contributed by atoms with Gasteiger partial charge in [-0.25, -0.2) is 13.4 Å². The molecule has 2 aliphatic rings. The molecule has 4 rings (SSSR count). The van der Waals surface area contributed by atoms with Gasteiger partial charge in [-0.3, -0.25) is 5.10 Å². The molecule has 0 unspecified atom stereocenters. The fraction of sp³-hybridized carbons (Fsp3) is 0.600. The molecule has 2 fully saturated rings. The average molecular weight is 368 g/mol. The van der Waals surface area contributed by atoms with Crippen LogP contribution in [0.3, 0.4) is 0 Å². The number of ether oxygens (including phenoxy) is 1. The minimum absolute atomic E-state index is 0.139. The topological polar surface area (TPSA) is 88.2 Å². The van der Waals surface area contributed by atoms with E-state index in [1.54, 1.807) is 13.2 Å². The summed E-state index contributed by atoms with van der Waals surface area (Å²) in [5, 5.41) is 9.08. The van der Waals surface area contributed by atoms with Gasteiger partial charge < -0.3 is 4.74 Å². The van der Waals surface area contributed by atoms with Crippen molar-refractivity contribution in [3.63, 3.8) is 0 Å². The minimum atomic E-state index is -3.57. The van der Waals surface area contributed by atoms with Crippen LogP contribution in [0.25, 0.3) is 0 Å². The molecule has 1 aliphatic carbocycles. The van der Waals surface area contributed by atoms with E-state index in [4.69, 9.17) is 4.74 Å². The van der Waals surface area contributed by atoms with Crippen molar-refractivity contribution in [3.8, 4) is 0 Å². The van der Waals surface area contributed by atoms with Gasteiger partial charge in [-0.1, -0.05) is 0 Å². The Hall–Kier alpha value is -1.29. The van der Waals surface area contributed by atoms with Gasteiger partial charge in [-0.05, 0) is 43.2 Å². The number of rotatable bonds is 5. The second-order valence-electron chi connectivity index (χ2n) is 6.48. The van der Waals surface area contributed by atoms with Gasteiger partial charge in [0.1, 0.15) is 10.0 Å². The van der Waals surface area contributed by atoms with Crippen LogP contribution < -0.4 is 0 Å². The Morgan fingerprint density at radius 1 is 1.42 bits per heavy atom. The molecule has 1 N–H and O–H groups in total. The standard InChI is InChI=1S/C15H20N4O3S2/c1-9-5-13(23-8-9)24(20,21)19-7-11(22-2)6-12(19)15-16-14(17-18-15)10-3-4-10/h5,8,10-12H,3-4,6-7H2,1-2H3,(H,16,17,18)/t11-,12+/m1/s1. The molecule has 0 spiro atoms. The van der Waals surface area contributed by atoms with Gasteiger partial charge in [0.25, 0.3) is 10.0 Å². The van der Waals surface area contributed by atoms with Crippen LogP contribution in [0.1, 0.15) is 48.4 Å². The molecule has 1 saturated heterocycles. The van der Waals surface area contributed by atoms with Crippen molar-refractivity contribution in [1.29, 1.82) is 0 Å². The van der Waals surface area contributed by atoms with Gasteiger partial charge >= 0.3 is 0 Å². The lowest BCUT2D eigenvalue weighted by Crippen LogP contribution is -2.32. The van der Waals surface area contributed by atoms with E-state index in [1.807, 2.05) is 12.3 Å². The van der Waals surface area contributed by atoms with Crippen molar-refractivity contribution in [1.82, 2.24) is 19.5 Å². The van der Waals surface area contributed by atoms with E-state index >= 15 is 0 Å². The maximum absolute atomic E-state index is 13.1. The normalized spacial score (nSPS) is 25.4. The highest BCUT2D eigenvalue weighted by atomic mass is 32.2. The first-order chi connectivity index (χ1) is 11.5. The third-order valence-electron chi connectivity index (χ3n) is 4.60. The van der Waals surface area contributed by atoms with Crippen LogP contribution in [0.5, 0.6) is 0 Å².